The van der Waals surface area contributed by atoms with E-state index < -0.39 is 0 Å². The number of fused-ring (bicyclic) bond motifs is 19. The van der Waals surface area contributed by atoms with Crippen molar-refractivity contribution in [1.82, 2.24) is 13.7 Å². The maximum Gasteiger partial charge on any atom is 0.104 e. The standard InChI is InChI=1S/C74H50N6/c1-73(2)53-29-13-5-25-47(53)65-55(73)37-39-63-67(65)49-27-11-19-35-61(49)79(63)70-51(41-75)69(77-57-31-15-7-21-43(57)44-22-8-16-32-58(44)77)52(42-76)71(72(70)78-59-33-17-9-23-45(59)46-24-10-18-34-60(46)78)80-62-36-20-12-28-50(62)68-64(80)40-38-56-66(68)48-26-6-14-30-54(48)74(56,3)4/h5-40,63,67H,1-4H3. The average molecular weight is 1020 g/mol. The number of nitrogens with zero attached hydrogens (tertiary/aromatic N) is 6. The van der Waals surface area contributed by atoms with Crippen LogP contribution < -0.4 is 4.90 Å². The average Bonchev–Trinajstić information content (AvgIpc) is 4.49. The third-order valence-electron chi connectivity index (χ3n) is 18.9. The van der Waals surface area contributed by atoms with Crippen molar-refractivity contribution in [3.8, 4) is 40.3 Å². The quantitative estimate of drug-likeness (QED) is 0.176. The van der Waals surface area contributed by atoms with Crippen molar-refractivity contribution in [1.29, 1.82) is 10.5 Å². The van der Waals surface area contributed by atoms with Crippen molar-refractivity contribution in [2.75, 3.05) is 4.90 Å². The Hall–Kier alpha value is -10.1. The van der Waals surface area contributed by atoms with Crippen LogP contribution in [0.15, 0.2) is 224 Å². The van der Waals surface area contributed by atoms with Crippen LogP contribution in [-0.2, 0) is 10.8 Å². The number of hydrogen-bond acceptors (Lipinski definition) is 3. The van der Waals surface area contributed by atoms with Crippen molar-refractivity contribution in [2.45, 2.75) is 50.5 Å². The summed E-state index contributed by atoms with van der Waals surface area (Å²) in [5.74, 6) is -0.0818. The highest BCUT2D eigenvalue weighted by Crippen LogP contribution is 2.63. The largest absolute Gasteiger partial charge is 0.330 e. The summed E-state index contributed by atoms with van der Waals surface area (Å²) in [6, 6.07) is 79.9. The van der Waals surface area contributed by atoms with Crippen LogP contribution in [0.1, 0.15) is 72.6 Å². The monoisotopic (exact) mass is 1020 g/mol. The molecule has 0 bridgehead atoms. The van der Waals surface area contributed by atoms with E-state index in [-0.39, 0.29) is 22.8 Å². The number of rotatable bonds is 4. The molecule has 1 aliphatic heterocycles. The zero-order chi connectivity index (χ0) is 53.5. The van der Waals surface area contributed by atoms with Gasteiger partial charge in [0.15, 0.2) is 0 Å². The third-order valence-corrected chi connectivity index (χ3v) is 18.9. The zero-order valence-corrected chi connectivity index (χ0v) is 44.6. The number of anilines is 2. The molecule has 3 aliphatic carbocycles. The molecule has 4 heterocycles. The summed E-state index contributed by atoms with van der Waals surface area (Å²) in [5, 5.41) is 32.0. The first-order valence-corrected chi connectivity index (χ1v) is 27.8. The lowest BCUT2D eigenvalue weighted by Crippen LogP contribution is -2.33. The molecule has 376 valence electrons. The number of hydrogen-bond donors (Lipinski definition) is 0. The lowest BCUT2D eigenvalue weighted by Gasteiger charge is -2.36. The first-order valence-electron chi connectivity index (χ1n) is 27.8. The molecule has 6 heteroatoms. The van der Waals surface area contributed by atoms with E-state index in [1.54, 1.807) is 0 Å². The third kappa shape index (κ3) is 5.45. The minimum absolute atomic E-state index is 0.0818. The van der Waals surface area contributed by atoms with Crippen LogP contribution in [0.3, 0.4) is 0 Å². The van der Waals surface area contributed by atoms with Crippen LogP contribution in [0.5, 0.6) is 0 Å². The summed E-state index contributed by atoms with van der Waals surface area (Å²) >= 11 is 0. The fourth-order valence-corrected chi connectivity index (χ4v) is 15.6. The van der Waals surface area contributed by atoms with Gasteiger partial charge in [-0.3, -0.25) is 0 Å². The van der Waals surface area contributed by atoms with E-state index in [2.05, 4.69) is 277 Å². The molecule has 0 fully saturated rings. The molecule has 0 spiro atoms. The van der Waals surface area contributed by atoms with Gasteiger partial charge in [-0.1, -0.05) is 204 Å². The summed E-state index contributed by atoms with van der Waals surface area (Å²) in [6.45, 7) is 9.40. The Balaban J connectivity index is 1.12. The first kappa shape index (κ1) is 44.9. The molecule has 0 N–H and O–H groups in total. The van der Waals surface area contributed by atoms with Gasteiger partial charge < -0.3 is 18.6 Å². The minimum atomic E-state index is -0.265. The molecule has 0 saturated heterocycles. The molecule has 10 aromatic carbocycles. The van der Waals surface area contributed by atoms with E-state index in [1.165, 1.54) is 50.1 Å². The summed E-state index contributed by atoms with van der Waals surface area (Å²) in [7, 11) is 0. The van der Waals surface area contributed by atoms with E-state index in [4.69, 9.17) is 0 Å². The molecule has 2 atom stereocenters. The van der Waals surface area contributed by atoms with E-state index in [1.807, 2.05) is 0 Å². The zero-order valence-electron chi connectivity index (χ0n) is 44.6. The highest BCUT2D eigenvalue weighted by molar-refractivity contribution is 6.20. The van der Waals surface area contributed by atoms with Crippen LogP contribution in [0.25, 0.3) is 99.2 Å². The van der Waals surface area contributed by atoms with Crippen LogP contribution >= 0.6 is 0 Å². The van der Waals surface area contributed by atoms with Crippen molar-refractivity contribution in [3.05, 3.63) is 263 Å². The Labute approximate surface area is 462 Å². The fraction of sp³-hybridized carbons (Fsp3) is 0.108. The number of benzene rings is 10. The van der Waals surface area contributed by atoms with Crippen LogP contribution in [0, 0.1) is 22.7 Å². The molecule has 2 unspecified atom stereocenters. The van der Waals surface area contributed by atoms with Gasteiger partial charge in [-0.25, -0.2) is 0 Å². The minimum Gasteiger partial charge on any atom is -0.330 e. The van der Waals surface area contributed by atoms with Gasteiger partial charge >= 0.3 is 0 Å². The van der Waals surface area contributed by atoms with Gasteiger partial charge in [-0.15, -0.1) is 0 Å². The van der Waals surface area contributed by atoms with Gasteiger partial charge in [-0.05, 0) is 92.6 Å². The molecule has 13 aromatic rings. The summed E-state index contributed by atoms with van der Waals surface area (Å²) in [4.78, 5) is 2.50. The number of para-hydroxylation sites is 6. The summed E-state index contributed by atoms with van der Waals surface area (Å²) in [5.41, 5.74) is 21.4. The Morgan fingerprint density at radius 3 is 1.46 bits per heavy atom. The van der Waals surface area contributed by atoms with Gasteiger partial charge in [0.1, 0.15) is 23.3 Å². The first-order chi connectivity index (χ1) is 39.2. The van der Waals surface area contributed by atoms with Gasteiger partial charge in [-0.2, -0.15) is 10.5 Å². The molecular formula is C74H50N6. The molecule has 0 saturated carbocycles. The van der Waals surface area contributed by atoms with Gasteiger partial charge in [0.05, 0.1) is 61.9 Å². The SMILES string of the molecule is CC1(C)C2=C(c3ccccc31)C1c3ccccc3N(c3c(C#N)c(-n4c5ccccc5c5ccccc54)c(C#N)c(-n4c5ccccc5c5c6c(ccc54)C(C)(C)c4ccccc4-6)c3-n3c4ccccc4c4ccccc43)C1C=C2. The molecule has 3 aromatic heterocycles. The molecule has 4 aliphatic rings. The van der Waals surface area contributed by atoms with Crippen LogP contribution in [0.2, 0.25) is 0 Å². The Bertz CT molecular complexity index is 5020. The highest BCUT2D eigenvalue weighted by Gasteiger charge is 2.50. The van der Waals surface area contributed by atoms with Gasteiger partial charge in [0.2, 0.25) is 0 Å². The highest BCUT2D eigenvalue weighted by atomic mass is 15.2. The lowest BCUT2D eigenvalue weighted by atomic mass is 9.76. The Morgan fingerprint density at radius 1 is 0.400 bits per heavy atom. The topological polar surface area (TPSA) is 65.6 Å². The second-order valence-corrected chi connectivity index (χ2v) is 23.3. The van der Waals surface area contributed by atoms with Crippen LogP contribution in [-0.4, -0.2) is 19.7 Å². The smallest absolute Gasteiger partial charge is 0.104 e. The van der Waals surface area contributed by atoms with Crippen molar-refractivity contribution in [3.63, 3.8) is 0 Å². The van der Waals surface area contributed by atoms with Gasteiger partial charge in [0, 0.05) is 54.8 Å². The normalized spacial score (nSPS) is 17.1. The maximum atomic E-state index is 12.7. The molecule has 0 amide bonds. The van der Waals surface area contributed by atoms with Crippen LogP contribution in [0.4, 0.5) is 11.4 Å². The van der Waals surface area contributed by atoms with E-state index in [0.29, 0.717) is 22.5 Å². The second-order valence-electron chi connectivity index (χ2n) is 23.3. The number of allylic oxidation sites excluding steroid dienone is 2. The molecule has 17 rings (SSSR count). The summed E-state index contributed by atoms with van der Waals surface area (Å²) in [6.07, 6.45) is 4.79. The predicted molar refractivity (Wildman–Crippen MR) is 327 cm³/mol. The van der Waals surface area contributed by atoms with E-state index in [9.17, 15) is 10.5 Å². The Morgan fingerprint density at radius 2 is 0.863 bits per heavy atom. The molecule has 0 radical (unpaired) electrons. The molecule has 80 heavy (non-hydrogen) atoms. The second kappa shape index (κ2) is 15.8. The fourth-order valence-electron chi connectivity index (χ4n) is 15.6. The van der Waals surface area contributed by atoms with E-state index in [0.717, 1.165) is 82.5 Å². The summed E-state index contributed by atoms with van der Waals surface area (Å²) < 4.78 is 7.01. The maximum absolute atomic E-state index is 12.7. The Kier molecular flexibility index (Phi) is 8.85. The molecular weight excluding hydrogens is 973 g/mol. The van der Waals surface area contributed by atoms with Crippen molar-refractivity contribution >= 4 is 82.4 Å². The van der Waals surface area contributed by atoms with Crippen molar-refractivity contribution in [2.24, 2.45) is 0 Å². The number of aromatic nitrogens is 3. The lowest BCUT2D eigenvalue weighted by molar-refractivity contribution is 0.644. The van der Waals surface area contributed by atoms with E-state index >= 15 is 0 Å². The van der Waals surface area contributed by atoms with Gasteiger partial charge in [0.25, 0.3) is 0 Å². The number of nitriles is 2. The predicted octanol–water partition coefficient (Wildman–Crippen LogP) is 17.9. The van der Waals surface area contributed by atoms with Crippen molar-refractivity contribution < 1.29 is 0 Å². The molecule has 6 nitrogen and oxygen atoms in total.